The Kier molecular flexibility index (Phi) is 8.39. The number of aliphatic hydroxyl groups excluding tert-OH is 1. The molecule has 2 aliphatic carbocycles. The van der Waals surface area contributed by atoms with E-state index >= 15 is 0 Å². The second-order valence-electron chi connectivity index (χ2n) is 12.9. The summed E-state index contributed by atoms with van der Waals surface area (Å²) in [7, 11) is 0. The summed E-state index contributed by atoms with van der Waals surface area (Å²) in [5.74, 6) is -2.06. The van der Waals surface area contributed by atoms with Gasteiger partial charge in [0.1, 0.15) is 41.5 Å². The Morgan fingerprint density at radius 3 is 2.45 bits per heavy atom. The molecule has 2 aromatic heterocycles. The maximum atomic E-state index is 13.5. The molecule has 0 unspecified atom stereocenters. The van der Waals surface area contributed by atoms with Crippen LogP contribution in [0.25, 0.3) is 11.3 Å². The fourth-order valence-corrected chi connectivity index (χ4v) is 8.16. The first-order chi connectivity index (χ1) is 20.8. The smallest absolute Gasteiger partial charge is 0.345 e. The third-order valence-corrected chi connectivity index (χ3v) is 10.2. The average Bonchev–Trinajstić information content (AvgIpc) is 2.98. The number of rotatable bonds is 7. The molecule has 1 N–H and O–H groups in total. The Bertz CT molecular complexity index is 1490. The first-order valence-electron chi connectivity index (χ1n) is 15.3. The molecule has 5 rings (SSSR count). The van der Waals surface area contributed by atoms with Gasteiger partial charge in [-0.3, -0.25) is 19.4 Å². The lowest BCUT2D eigenvalue weighted by Gasteiger charge is -2.66. The number of carbonyl (C=O) groups is 3. The lowest BCUT2D eigenvalue weighted by molar-refractivity contribution is -0.271. The summed E-state index contributed by atoms with van der Waals surface area (Å²) in [6.07, 6.45) is 1.92. The number of hydrogen-bond acceptors (Lipinski definition) is 11. The maximum Gasteiger partial charge on any atom is 0.345 e. The molecule has 238 valence electrons. The van der Waals surface area contributed by atoms with Gasteiger partial charge in [-0.2, -0.15) is 0 Å². The van der Waals surface area contributed by atoms with Gasteiger partial charge in [0, 0.05) is 55.1 Å². The average molecular weight is 612 g/mol. The van der Waals surface area contributed by atoms with Crippen LogP contribution in [0.3, 0.4) is 0 Å². The van der Waals surface area contributed by atoms with E-state index in [-0.39, 0.29) is 54.8 Å². The molecule has 3 heterocycles. The second-order valence-corrected chi connectivity index (χ2v) is 12.9. The first-order valence-corrected chi connectivity index (χ1v) is 15.3. The topological polar surface area (TPSA) is 151 Å². The predicted octanol–water partition coefficient (Wildman–Crippen LogP) is 4.54. The Hall–Kier alpha value is -3.73. The van der Waals surface area contributed by atoms with Gasteiger partial charge in [-0.15, -0.1) is 0 Å². The summed E-state index contributed by atoms with van der Waals surface area (Å²) in [4.78, 5) is 55.0. The normalized spacial score (nSPS) is 33.9. The van der Waals surface area contributed by atoms with E-state index in [1.807, 2.05) is 13.8 Å². The number of aromatic nitrogens is 1. The maximum absolute atomic E-state index is 13.5. The van der Waals surface area contributed by atoms with Crippen LogP contribution in [0.5, 0.6) is 5.75 Å². The van der Waals surface area contributed by atoms with Crippen molar-refractivity contribution in [2.75, 3.05) is 6.61 Å². The Morgan fingerprint density at radius 2 is 1.82 bits per heavy atom. The van der Waals surface area contributed by atoms with Gasteiger partial charge in [-0.1, -0.05) is 27.7 Å². The van der Waals surface area contributed by atoms with Crippen molar-refractivity contribution < 1.29 is 42.9 Å². The third kappa shape index (κ3) is 5.18. The number of fused-ring (bicyclic) bond motifs is 4. The fourth-order valence-electron chi connectivity index (χ4n) is 8.16. The van der Waals surface area contributed by atoms with E-state index in [1.165, 1.54) is 6.92 Å². The van der Waals surface area contributed by atoms with Crippen molar-refractivity contribution in [3.8, 4) is 17.1 Å². The molecular formula is C33H41NO10. The van der Waals surface area contributed by atoms with Crippen LogP contribution in [0.4, 0.5) is 0 Å². The van der Waals surface area contributed by atoms with Crippen LogP contribution >= 0.6 is 0 Å². The van der Waals surface area contributed by atoms with Gasteiger partial charge < -0.3 is 28.5 Å². The minimum absolute atomic E-state index is 0.0118. The number of pyridine rings is 1. The molecule has 2 saturated carbocycles. The van der Waals surface area contributed by atoms with Crippen LogP contribution in [-0.4, -0.2) is 52.4 Å². The summed E-state index contributed by atoms with van der Waals surface area (Å²) >= 11 is 0. The highest BCUT2D eigenvalue weighted by molar-refractivity contribution is 5.70. The standard InChI is InChI=1S/C33H41NO10/c1-7-25(36)40-17-32(5)22-15-24(41-18(3)35)33(6)29(31(22,4)12-11-23(32)43-26(37)8-2)28(38)27-21(44-33)14-20(42-30(27)39)19-10-9-13-34-16-19/h9-10,13-14,16,22-24,28-29,38H,7-8,11-12,15,17H2,1-6H3/t22-,23-,24+,28-,29+,31+,32+,33+/m0/s1. The van der Waals surface area contributed by atoms with E-state index in [9.17, 15) is 24.3 Å². The van der Waals surface area contributed by atoms with Gasteiger partial charge in [0.15, 0.2) is 0 Å². The van der Waals surface area contributed by atoms with Crippen LogP contribution in [-0.2, 0) is 28.6 Å². The summed E-state index contributed by atoms with van der Waals surface area (Å²) in [5, 5.41) is 12.1. The zero-order valence-electron chi connectivity index (χ0n) is 26.1. The third-order valence-electron chi connectivity index (χ3n) is 10.2. The van der Waals surface area contributed by atoms with E-state index in [1.54, 1.807) is 51.4 Å². The van der Waals surface area contributed by atoms with Crippen LogP contribution in [0.1, 0.15) is 85.3 Å². The van der Waals surface area contributed by atoms with Gasteiger partial charge in [0.05, 0.1) is 6.10 Å². The summed E-state index contributed by atoms with van der Waals surface area (Å²) in [5.41, 5.74) is -3.09. The number of aliphatic hydroxyl groups is 1. The zero-order chi connectivity index (χ0) is 32.0. The van der Waals surface area contributed by atoms with Crippen molar-refractivity contribution in [2.45, 2.75) is 97.6 Å². The molecule has 3 aliphatic rings. The summed E-state index contributed by atoms with van der Waals surface area (Å²) < 4.78 is 29.9. The number of nitrogens with zero attached hydrogens (tertiary/aromatic N) is 1. The number of hydrogen-bond donors (Lipinski definition) is 1. The zero-order valence-corrected chi connectivity index (χ0v) is 26.1. The predicted molar refractivity (Wildman–Crippen MR) is 156 cm³/mol. The molecule has 0 aromatic carbocycles. The number of carbonyl (C=O) groups excluding carboxylic acids is 3. The molecule has 0 bridgehead atoms. The molecule has 1 aliphatic heterocycles. The number of esters is 3. The van der Waals surface area contributed by atoms with E-state index in [4.69, 9.17) is 23.4 Å². The molecule has 0 radical (unpaired) electrons. The highest BCUT2D eigenvalue weighted by Gasteiger charge is 2.70. The number of ether oxygens (including phenoxy) is 4. The van der Waals surface area contributed by atoms with E-state index in [2.05, 4.69) is 4.98 Å². The van der Waals surface area contributed by atoms with Gasteiger partial charge in [-0.05, 0) is 49.7 Å². The van der Waals surface area contributed by atoms with Crippen LogP contribution in [0.15, 0.2) is 39.8 Å². The van der Waals surface area contributed by atoms with E-state index in [0.717, 1.165) is 0 Å². The van der Waals surface area contributed by atoms with Crippen molar-refractivity contribution in [2.24, 2.45) is 22.7 Å². The lowest BCUT2D eigenvalue weighted by Crippen LogP contribution is -2.71. The monoisotopic (exact) mass is 611 g/mol. The molecular weight excluding hydrogens is 570 g/mol. The van der Waals surface area contributed by atoms with Crippen molar-refractivity contribution in [3.05, 3.63) is 46.6 Å². The second kappa shape index (κ2) is 11.6. The molecule has 2 fully saturated rings. The van der Waals surface area contributed by atoms with Crippen molar-refractivity contribution in [1.82, 2.24) is 4.98 Å². The first kappa shape index (κ1) is 31.7. The minimum atomic E-state index is -1.34. The van der Waals surface area contributed by atoms with Crippen LogP contribution < -0.4 is 10.4 Å². The Balaban J connectivity index is 1.65. The molecule has 8 atom stereocenters. The molecule has 0 saturated heterocycles. The Labute approximate surface area is 256 Å². The lowest BCUT2D eigenvalue weighted by atomic mass is 9.42. The highest BCUT2D eigenvalue weighted by Crippen LogP contribution is 2.67. The molecule has 0 amide bonds. The Morgan fingerprint density at radius 1 is 1.09 bits per heavy atom. The van der Waals surface area contributed by atoms with E-state index in [0.29, 0.717) is 18.4 Å². The summed E-state index contributed by atoms with van der Waals surface area (Å²) in [6.45, 7) is 10.4. The fraction of sp³-hybridized carbons (Fsp3) is 0.606. The molecule has 44 heavy (non-hydrogen) atoms. The minimum Gasteiger partial charge on any atom is -0.482 e. The van der Waals surface area contributed by atoms with Crippen molar-refractivity contribution >= 4 is 17.9 Å². The summed E-state index contributed by atoms with van der Waals surface area (Å²) in [6, 6.07) is 5.02. The van der Waals surface area contributed by atoms with Gasteiger partial charge >= 0.3 is 23.5 Å². The SMILES string of the molecule is CCC(=O)OC[C@]1(C)[C@H]2C[C@@H](OC(C)=O)[C@@]3(C)Oc4cc(-c5cccnc5)oc(=O)c4[C@H](O)[C@@H]3[C@]2(C)CC[C@@H]1OC(=O)CC. The molecule has 11 nitrogen and oxygen atoms in total. The largest absolute Gasteiger partial charge is 0.482 e. The molecule has 0 spiro atoms. The van der Waals surface area contributed by atoms with Gasteiger partial charge in [0.25, 0.3) is 0 Å². The van der Waals surface area contributed by atoms with Crippen molar-refractivity contribution in [3.63, 3.8) is 0 Å². The van der Waals surface area contributed by atoms with Crippen molar-refractivity contribution in [1.29, 1.82) is 0 Å². The van der Waals surface area contributed by atoms with Gasteiger partial charge in [0.2, 0.25) is 0 Å². The highest BCUT2D eigenvalue weighted by atomic mass is 16.6. The van der Waals surface area contributed by atoms with Crippen LogP contribution in [0.2, 0.25) is 0 Å². The molecule has 11 heteroatoms. The van der Waals surface area contributed by atoms with E-state index < -0.39 is 58.2 Å². The van der Waals surface area contributed by atoms with Crippen LogP contribution in [0, 0.1) is 22.7 Å². The quantitative estimate of drug-likeness (QED) is 0.347. The van der Waals surface area contributed by atoms with Gasteiger partial charge in [-0.25, -0.2) is 4.79 Å². The molecule has 2 aromatic rings.